The van der Waals surface area contributed by atoms with Gasteiger partial charge in [-0.05, 0) is 50.3 Å². The van der Waals surface area contributed by atoms with E-state index in [0.29, 0.717) is 12.4 Å². The Balaban J connectivity index is 1.95. The van der Waals surface area contributed by atoms with E-state index in [2.05, 4.69) is 24.1 Å². The lowest BCUT2D eigenvalue weighted by Gasteiger charge is -2.35. The summed E-state index contributed by atoms with van der Waals surface area (Å²) in [4.78, 5) is 15.3. The van der Waals surface area contributed by atoms with Crippen LogP contribution in [0.4, 0.5) is 5.69 Å². The number of nitrogens with one attached hydrogen (secondary N) is 1. The summed E-state index contributed by atoms with van der Waals surface area (Å²) >= 11 is 0. The third kappa shape index (κ3) is 6.69. The van der Waals surface area contributed by atoms with Crippen molar-refractivity contribution in [3.8, 4) is 5.75 Å². The van der Waals surface area contributed by atoms with Crippen LogP contribution in [-0.2, 0) is 9.53 Å². The highest BCUT2D eigenvalue weighted by Crippen LogP contribution is 2.30. The number of anilines is 1. The lowest BCUT2D eigenvalue weighted by atomic mass is 9.85. The predicted octanol–water partition coefficient (Wildman–Crippen LogP) is 5.07. The molecule has 2 atom stereocenters. The highest BCUT2D eigenvalue weighted by atomic mass is 16.5. The third-order valence-corrected chi connectivity index (χ3v) is 5.61. The van der Waals surface area contributed by atoms with Crippen molar-refractivity contribution in [2.24, 2.45) is 5.92 Å². The van der Waals surface area contributed by atoms with Crippen molar-refractivity contribution in [3.63, 3.8) is 0 Å². The van der Waals surface area contributed by atoms with Gasteiger partial charge in [-0.15, -0.1) is 0 Å². The van der Waals surface area contributed by atoms with E-state index in [1.54, 1.807) is 6.07 Å². The Labute approximate surface area is 170 Å². The number of unbranched alkanes of at least 4 members (excludes halogenated alkanes) is 2. The number of hydrogen-bond acceptors (Lipinski definition) is 4. The standard InChI is InChI=1S/C23H38N2O3/c1-4-6-14-25(15-7-5-2)23(27)19-10-8-9-11-22(19)28-17-24-20-16-18(3)12-13-21(20)26/h12-13,16,19,22,24,26H,4-11,14-15,17H2,1-3H3. The number of carbonyl (C=O) groups is 1. The normalized spacial score (nSPS) is 19.4. The van der Waals surface area contributed by atoms with Crippen LogP contribution in [-0.4, -0.2) is 41.8 Å². The second kappa shape index (κ2) is 11.9. The minimum atomic E-state index is -0.0496. The van der Waals surface area contributed by atoms with E-state index in [9.17, 15) is 9.90 Å². The van der Waals surface area contributed by atoms with Crippen LogP contribution in [0.3, 0.4) is 0 Å². The van der Waals surface area contributed by atoms with Gasteiger partial charge in [0.1, 0.15) is 12.5 Å². The number of rotatable bonds is 11. The molecule has 5 nitrogen and oxygen atoms in total. The Morgan fingerprint density at radius 2 is 1.86 bits per heavy atom. The SMILES string of the molecule is CCCCN(CCCC)C(=O)C1CCCCC1OCNc1cc(C)ccc1O. The molecule has 1 aromatic rings. The first-order valence-corrected chi connectivity index (χ1v) is 11.0. The van der Waals surface area contributed by atoms with Crippen molar-refractivity contribution in [1.29, 1.82) is 0 Å². The molecule has 1 saturated carbocycles. The summed E-state index contributed by atoms with van der Waals surface area (Å²) in [6.07, 6.45) is 8.30. The first-order valence-electron chi connectivity index (χ1n) is 11.0. The fraction of sp³-hybridized carbons (Fsp3) is 0.696. The molecule has 2 unspecified atom stereocenters. The molecule has 0 saturated heterocycles. The van der Waals surface area contributed by atoms with Gasteiger partial charge in [-0.1, -0.05) is 45.6 Å². The number of hydrogen-bond donors (Lipinski definition) is 2. The predicted molar refractivity (Wildman–Crippen MR) is 115 cm³/mol. The fourth-order valence-corrected chi connectivity index (χ4v) is 3.86. The molecule has 1 amide bonds. The molecule has 158 valence electrons. The second-order valence-corrected chi connectivity index (χ2v) is 7.97. The monoisotopic (exact) mass is 390 g/mol. The molecule has 28 heavy (non-hydrogen) atoms. The smallest absolute Gasteiger partial charge is 0.228 e. The molecule has 2 N–H and O–H groups in total. The number of phenols is 1. The largest absolute Gasteiger partial charge is 0.506 e. The Morgan fingerprint density at radius 3 is 2.54 bits per heavy atom. The minimum absolute atomic E-state index is 0.0460. The van der Waals surface area contributed by atoms with Crippen LogP contribution >= 0.6 is 0 Å². The highest BCUT2D eigenvalue weighted by molar-refractivity contribution is 5.79. The number of aryl methyl sites for hydroxylation is 1. The topological polar surface area (TPSA) is 61.8 Å². The summed E-state index contributed by atoms with van der Waals surface area (Å²) in [5.74, 6) is 0.441. The summed E-state index contributed by atoms with van der Waals surface area (Å²) in [5.41, 5.74) is 1.75. The molecule has 1 aliphatic rings. The Kier molecular flexibility index (Phi) is 9.62. The van der Waals surface area contributed by atoms with Gasteiger partial charge in [0, 0.05) is 13.1 Å². The van der Waals surface area contributed by atoms with Gasteiger partial charge in [-0.3, -0.25) is 4.79 Å². The number of amides is 1. The number of phenolic OH excluding ortho intramolecular Hbond substituents is 1. The van der Waals surface area contributed by atoms with Crippen LogP contribution in [0.2, 0.25) is 0 Å². The van der Waals surface area contributed by atoms with E-state index in [1.807, 2.05) is 19.1 Å². The van der Waals surface area contributed by atoms with E-state index >= 15 is 0 Å². The average Bonchev–Trinajstić information content (AvgIpc) is 2.70. The molecule has 0 spiro atoms. The molecule has 0 bridgehead atoms. The zero-order valence-corrected chi connectivity index (χ0v) is 17.9. The molecule has 5 heteroatoms. The van der Waals surface area contributed by atoms with Crippen molar-refractivity contribution < 1.29 is 14.6 Å². The number of benzene rings is 1. The van der Waals surface area contributed by atoms with Crippen molar-refractivity contribution in [2.45, 2.75) is 78.2 Å². The number of ether oxygens (including phenoxy) is 1. The second-order valence-electron chi connectivity index (χ2n) is 7.97. The summed E-state index contributed by atoms with van der Waals surface area (Å²) in [6, 6.07) is 5.46. The lowest BCUT2D eigenvalue weighted by Crippen LogP contribution is -2.44. The quantitative estimate of drug-likeness (QED) is 0.409. The van der Waals surface area contributed by atoms with Crippen molar-refractivity contribution >= 4 is 11.6 Å². The van der Waals surface area contributed by atoms with Gasteiger partial charge in [0.2, 0.25) is 5.91 Å². The van der Waals surface area contributed by atoms with Crippen molar-refractivity contribution in [3.05, 3.63) is 23.8 Å². The molecular weight excluding hydrogens is 352 g/mol. The van der Waals surface area contributed by atoms with Gasteiger partial charge >= 0.3 is 0 Å². The molecule has 1 aliphatic carbocycles. The molecule has 1 aromatic carbocycles. The zero-order valence-electron chi connectivity index (χ0n) is 17.9. The third-order valence-electron chi connectivity index (χ3n) is 5.61. The van der Waals surface area contributed by atoms with E-state index in [1.165, 1.54) is 0 Å². The van der Waals surface area contributed by atoms with Crippen LogP contribution < -0.4 is 5.32 Å². The van der Waals surface area contributed by atoms with E-state index in [4.69, 9.17) is 4.74 Å². The van der Waals surface area contributed by atoms with Crippen LogP contribution in [0.5, 0.6) is 5.75 Å². The first kappa shape index (κ1) is 22.5. The van der Waals surface area contributed by atoms with E-state index in [0.717, 1.165) is 70.0 Å². The van der Waals surface area contributed by atoms with Gasteiger partial charge in [0.15, 0.2) is 0 Å². The molecule has 0 radical (unpaired) electrons. The molecular formula is C23H38N2O3. The Hall–Kier alpha value is -1.75. The number of carbonyl (C=O) groups excluding carboxylic acids is 1. The van der Waals surface area contributed by atoms with Crippen LogP contribution in [0.25, 0.3) is 0 Å². The van der Waals surface area contributed by atoms with Crippen molar-refractivity contribution in [1.82, 2.24) is 4.90 Å². The summed E-state index contributed by atoms with van der Waals surface area (Å²) < 4.78 is 6.10. The Bertz CT molecular complexity index is 598. The average molecular weight is 391 g/mol. The number of aromatic hydroxyl groups is 1. The minimum Gasteiger partial charge on any atom is -0.506 e. The molecule has 0 aliphatic heterocycles. The van der Waals surface area contributed by atoms with Crippen molar-refractivity contribution in [2.75, 3.05) is 25.1 Å². The van der Waals surface area contributed by atoms with Gasteiger partial charge in [-0.25, -0.2) is 0 Å². The summed E-state index contributed by atoms with van der Waals surface area (Å²) in [6.45, 7) is 8.34. The van der Waals surface area contributed by atoms with E-state index < -0.39 is 0 Å². The lowest BCUT2D eigenvalue weighted by molar-refractivity contribution is -0.143. The summed E-state index contributed by atoms with van der Waals surface area (Å²) in [5, 5.41) is 13.1. The first-order chi connectivity index (χ1) is 13.6. The maximum Gasteiger partial charge on any atom is 0.228 e. The van der Waals surface area contributed by atoms with Gasteiger partial charge in [0.25, 0.3) is 0 Å². The van der Waals surface area contributed by atoms with Crippen LogP contribution in [0.15, 0.2) is 18.2 Å². The van der Waals surface area contributed by atoms with Gasteiger partial charge in [-0.2, -0.15) is 0 Å². The highest BCUT2D eigenvalue weighted by Gasteiger charge is 2.34. The van der Waals surface area contributed by atoms with Crippen LogP contribution in [0.1, 0.15) is 70.8 Å². The van der Waals surface area contributed by atoms with Gasteiger partial charge in [0.05, 0.1) is 17.7 Å². The fourth-order valence-electron chi connectivity index (χ4n) is 3.86. The zero-order chi connectivity index (χ0) is 20.4. The van der Waals surface area contributed by atoms with E-state index in [-0.39, 0.29) is 23.7 Å². The maximum atomic E-state index is 13.2. The maximum absolute atomic E-state index is 13.2. The molecule has 0 aromatic heterocycles. The summed E-state index contributed by atoms with van der Waals surface area (Å²) in [7, 11) is 0. The molecule has 1 fully saturated rings. The molecule has 0 heterocycles. The Morgan fingerprint density at radius 1 is 1.18 bits per heavy atom. The number of nitrogens with zero attached hydrogens (tertiary/aromatic N) is 1. The molecule has 2 rings (SSSR count). The van der Waals surface area contributed by atoms with Crippen LogP contribution in [0, 0.1) is 12.8 Å². The van der Waals surface area contributed by atoms with Gasteiger partial charge < -0.3 is 20.1 Å².